The number of aryl methyl sites for hydroxylation is 1. The first-order valence-electron chi connectivity index (χ1n) is 4.41. The summed E-state index contributed by atoms with van der Waals surface area (Å²) in [6.07, 6.45) is 0. The lowest BCUT2D eigenvalue weighted by Crippen LogP contribution is -2.16. The molecule has 6 heteroatoms. The number of anilines is 1. The number of thiophene rings is 1. The smallest absolute Gasteiger partial charge is 0.187 e. The average molecular weight is 260 g/mol. The van der Waals surface area contributed by atoms with Gasteiger partial charge in [0, 0.05) is 16.8 Å². The van der Waals surface area contributed by atoms with Crippen LogP contribution < -0.4 is 4.90 Å². The van der Waals surface area contributed by atoms with Crippen molar-refractivity contribution in [2.75, 3.05) is 11.9 Å². The van der Waals surface area contributed by atoms with Crippen molar-refractivity contribution in [2.24, 2.45) is 0 Å². The van der Waals surface area contributed by atoms with E-state index < -0.39 is 0 Å². The number of nitrogens with zero attached hydrogens (tertiary/aromatic N) is 3. The third-order valence-electron chi connectivity index (χ3n) is 1.98. The summed E-state index contributed by atoms with van der Waals surface area (Å²) in [7, 11) is 1.97. The van der Waals surface area contributed by atoms with E-state index in [2.05, 4.69) is 27.8 Å². The summed E-state index contributed by atoms with van der Waals surface area (Å²) >= 11 is 8.83. The quantitative estimate of drug-likeness (QED) is 0.848. The van der Waals surface area contributed by atoms with Crippen LogP contribution in [0.3, 0.4) is 0 Å². The Balaban J connectivity index is 2.10. The van der Waals surface area contributed by atoms with E-state index in [4.69, 9.17) is 11.6 Å². The Morgan fingerprint density at radius 3 is 2.73 bits per heavy atom. The largest absolute Gasteiger partial charge is 0.351 e. The molecule has 0 aliphatic heterocycles. The Labute approximate surface area is 102 Å². The predicted molar refractivity (Wildman–Crippen MR) is 66.1 cm³/mol. The van der Waals surface area contributed by atoms with Gasteiger partial charge in [-0.1, -0.05) is 11.6 Å². The van der Waals surface area contributed by atoms with Crippen molar-refractivity contribution in [3.8, 4) is 0 Å². The normalized spacial score (nSPS) is 10.6. The topological polar surface area (TPSA) is 29.0 Å². The molecule has 2 aromatic rings. The zero-order valence-electron chi connectivity index (χ0n) is 8.40. The van der Waals surface area contributed by atoms with Gasteiger partial charge in [-0.3, -0.25) is 0 Å². The van der Waals surface area contributed by atoms with Gasteiger partial charge in [0.15, 0.2) is 11.0 Å². The molecular formula is C9H10ClN3S2. The molecule has 15 heavy (non-hydrogen) atoms. The molecular weight excluding hydrogens is 250 g/mol. The molecule has 2 aromatic heterocycles. The average Bonchev–Trinajstić information content (AvgIpc) is 2.75. The first kappa shape index (κ1) is 10.9. The molecule has 2 rings (SSSR count). The maximum atomic E-state index is 5.90. The predicted octanol–water partition coefficient (Wildman–Crippen LogP) is 3.20. The molecule has 3 nitrogen and oxygen atoms in total. The number of halogens is 1. The standard InChI is InChI=1S/C9H10ClN3S2/c1-6-3-4-7(14-6)5-13(2)9-8(10)11-15-12-9/h3-4H,5H2,1-2H3. The fraction of sp³-hybridized carbons (Fsp3) is 0.333. The maximum absolute atomic E-state index is 5.90. The van der Waals surface area contributed by atoms with Crippen molar-refractivity contribution < 1.29 is 0 Å². The molecule has 0 fully saturated rings. The summed E-state index contributed by atoms with van der Waals surface area (Å²) in [5.41, 5.74) is 0. The van der Waals surface area contributed by atoms with Crippen LogP contribution in [-0.2, 0) is 6.54 Å². The second-order valence-corrected chi connectivity index (χ2v) is 5.51. The van der Waals surface area contributed by atoms with Crippen molar-refractivity contribution in [2.45, 2.75) is 13.5 Å². The SMILES string of the molecule is Cc1ccc(CN(C)c2nsnc2Cl)s1. The molecule has 0 bridgehead atoms. The lowest BCUT2D eigenvalue weighted by Gasteiger charge is -2.14. The van der Waals surface area contributed by atoms with Crippen LogP contribution in [0.4, 0.5) is 5.82 Å². The highest BCUT2D eigenvalue weighted by molar-refractivity contribution is 7.11. The Morgan fingerprint density at radius 1 is 1.40 bits per heavy atom. The zero-order chi connectivity index (χ0) is 10.8. The molecule has 80 valence electrons. The van der Waals surface area contributed by atoms with Gasteiger partial charge in [0.05, 0.1) is 18.3 Å². The fourth-order valence-electron chi connectivity index (χ4n) is 1.28. The molecule has 0 aromatic carbocycles. The van der Waals surface area contributed by atoms with Crippen LogP contribution in [0.15, 0.2) is 12.1 Å². The lowest BCUT2D eigenvalue weighted by atomic mass is 10.4. The van der Waals surface area contributed by atoms with Crippen molar-refractivity contribution in [3.05, 3.63) is 27.0 Å². The van der Waals surface area contributed by atoms with Gasteiger partial charge in [0.25, 0.3) is 0 Å². The Kier molecular flexibility index (Phi) is 3.23. The van der Waals surface area contributed by atoms with E-state index in [1.54, 1.807) is 11.3 Å². The van der Waals surface area contributed by atoms with Crippen molar-refractivity contribution >= 4 is 40.5 Å². The van der Waals surface area contributed by atoms with E-state index in [0.29, 0.717) is 5.15 Å². The molecule has 0 saturated carbocycles. The third-order valence-corrected chi connectivity index (χ3v) is 3.84. The van der Waals surface area contributed by atoms with E-state index in [1.165, 1.54) is 9.75 Å². The van der Waals surface area contributed by atoms with Gasteiger partial charge in [-0.2, -0.15) is 8.75 Å². The van der Waals surface area contributed by atoms with Gasteiger partial charge in [0.2, 0.25) is 0 Å². The highest BCUT2D eigenvalue weighted by atomic mass is 35.5. The monoisotopic (exact) mass is 259 g/mol. The summed E-state index contributed by atoms with van der Waals surface area (Å²) in [5.74, 6) is 0.757. The van der Waals surface area contributed by atoms with Crippen LogP contribution in [0, 0.1) is 6.92 Å². The van der Waals surface area contributed by atoms with Crippen LogP contribution in [0.25, 0.3) is 0 Å². The van der Waals surface area contributed by atoms with E-state index in [-0.39, 0.29) is 0 Å². The second kappa shape index (κ2) is 4.47. The summed E-state index contributed by atoms with van der Waals surface area (Å²) in [6.45, 7) is 2.93. The molecule has 2 heterocycles. The minimum atomic E-state index is 0.482. The molecule has 0 atom stereocenters. The van der Waals surface area contributed by atoms with Crippen LogP contribution in [-0.4, -0.2) is 15.8 Å². The number of aromatic nitrogens is 2. The van der Waals surface area contributed by atoms with E-state index >= 15 is 0 Å². The molecule has 0 aliphatic carbocycles. The van der Waals surface area contributed by atoms with Crippen molar-refractivity contribution in [1.29, 1.82) is 0 Å². The van der Waals surface area contributed by atoms with E-state index in [0.717, 1.165) is 24.1 Å². The number of hydrogen-bond donors (Lipinski definition) is 0. The molecule has 0 amide bonds. The summed E-state index contributed by atoms with van der Waals surface area (Å²) in [4.78, 5) is 4.64. The molecule has 0 spiro atoms. The molecule has 0 saturated heterocycles. The highest BCUT2D eigenvalue weighted by Gasteiger charge is 2.11. The molecule has 0 N–H and O–H groups in total. The summed E-state index contributed by atoms with van der Waals surface area (Å²) in [6, 6.07) is 4.25. The van der Waals surface area contributed by atoms with Crippen LogP contribution in [0.1, 0.15) is 9.75 Å². The molecule has 0 radical (unpaired) electrons. The zero-order valence-corrected chi connectivity index (χ0v) is 10.8. The number of rotatable bonds is 3. The third kappa shape index (κ3) is 2.48. The van der Waals surface area contributed by atoms with E-state index in [1.807, 2.05) is 11.9 Å². The molecule has 0 unspecified atom stereocenters. The van der Waals surface area contributed by atoms with Crippen LogP contribution in [0.2, 0.25) is 5.15 Å². The first-order chi connectivity index (χ1) is 7.16. The second-order valence-electron chi connectivity index (χ2n) is 3.25. The first-order valence-corrected chi connectivity index (χ1v) is 6.34. The van der Waals surface area contributed by atoms with Crippen LogP contribution >= 0.6 is 34.7 Å². The fourth-order valence-corrected chi connectivity index (χ4v) is 3.05. The van der Waals surface area contributed by atoms with Gasteiger partial charge in [-0.05, 0) is 19.1 Å². The minimum Gasteiger partial charge on any atom is -0.351 e. The Morgan fingerprint density at radius 2 is 2.20 bits per heavy atom. The van der Waals surface area contributed by atoms with Gasteiger partial charge < -0.3 is 4.90 Å². The van der Waals surface area contributed by atoms with Crippen molar-refractivity contribution in [3.63, 3.8) is 0 Å². The van der Waals surface area contributed by atoms with E-state index in [9.17, 15) is 0 Å². The lowest BCUT2D eigenvalue weighted by molar-refractivity contribution is 0.924. The number of hydrogen-bond acceptors (Lipinski definition) is 5. The van der Waals surface area contributed by atoms with Gasteiger partial charge >= 0.3 is 0 Å². The van der Waals surface area contributed by atoms with Crippen LogP contribution in [0.5, 0.6) is 0 Å². The highest BCUT2D eigenvalue weighted by Crippen LogP contribution is 2.24. The van der Waals surface area contributed by atoms with Gasteiger partial charge in [0.1, 0.15) is 0 Å². The minimum absolute atomic E-state index is 0.482. The van der Waals surface area contributed by atoms with Crippen molar-refractivity contribution in [1.82, 2.24) is 8.75 Å². The maximum Gasteiger partial charge on any atom is 0.187 e. The molecule has 0 aliphatic rings. The van der Waals surface area contributed by atoms with Gasteiger partial charge in [-0.25, -0.2) is 0 Å². The Bertz CT molecular complexity index is 452. The van der Waals surface area contributed by atoms with Gasteiger partial charge in [-0.15, -0.1) is 11.3 Å². The summed E-state index contributed by atoms with van der Waals surface area (Å²) < 4.78 is 8.09. The Hall–Kier alpha value is -0.650. The summed E-state index contributed by atoms with van der Waals surface area (Å²) in [5, 5.41) is 0.482.